The van der Waals surface area contributed by atoms with Crippen molar-refractivity contribution in [2.24, 2.45) is 0 Å². The van der Waals surface area contributed by atoms with Crippen molar-refractivity contribution in [2.45, 2.75) is 11.3 Å². The molecule has 146 valence electrons. The topological polar surface area (TPSA) is 112 Å². The molecular formula is C18H18N4O5S. The molecule has 1 aromatic carbocycles. The first-order chi connectivity index (χ1) is 13.5. The standard InChI is InChI=1S/C18H16N4O5S.H2/c23-18(15-4-1-2-7-19-15)21-13-11-20-22(12-13)28(24,25)14-5-6-16-17(10-14)27-9-3-8-26-16;/h1-2,4-7,10-12H,3,8-9H2,(H,21,23);1H. The molecule has 0 unspecified atom stereocenters. The van der Waals surface area contributed by atoms with Crippen molar-refractivity contribution in [2.75, 3.05) is 18.5 Å². The van der Waals surface area contributed by atoms with Gasteiger partial charge in [-0.1, -0.05) is 6.07 Å². The number of carbonyl (C=O) groups is 1. The van der Waals surface area contributed by atoms with Crippen LogP contribution in [-0.4, -0.2) is 41.7 Å². The smallest absolute Gasteiger partial charge is 0.283 e. The molecule has 1 amide bonds. The molecule has 28 heavy (non-hydrogen) atoms. The van der Waals surface area contributed by atoms with Crippen molar-refractivity contribution in [1.29, 1.82) is 0 Å². The van der Waals surface area contributed by atoms with Gasteiger partial charge in [0.2, 0.25) is 0 Å². The zero-order valence-corrected chi connectivity index (χ0v) is 15.4. The third-order valence-electron chi connectivity index (χ3n) is 3.98. The second-order valence-electron chi connectivity index (χ2n) is 5.93. The zero-order chi connectivity index (χ0) is 19.6. The van der Waals surface area contributed by atoms with Crippen LogP contribution in [0.25, 0.3) is 0 Å². The molecule has 4 rings (SSSR count). The molecule has 0 saturated carbocycles. The molecule has 3 aromatic rings. The number of hydrogen-bond donors (Lipinski definition) is 1. The highest BCUT2D eigenvalue weighted by Gasteiger charge is 2.22. The molecule has 0 radical (unpaired) electrons. The summed E-state index contributed by atoms with van der Waals surface area (Å²) in [6.07, 6.45) is 4.68. The molecule has 0 saturated heterocycles. The van der Waals surface area contributed by atoms with E-state index in [-0.39, 0.29) is 17.7 Å². The number of rotatable bonds is 4. The largest absolute Gasteiger partial charge is 0.490 e. The Labute approximate surface area is 162 Å². The van der Waals surface area contributed by atoms with Crippen molar-refractivity contribution in [3.8, 4) is 11.5 Å². The number of fused-ring (bicyclic) bond motifs is 1. The number of pyridine rings is 1. The number of anilines is 1. The Morgan fingerprint density at radius 3 is 2.75 bits per heavy atom. The first-order valence-electron chi connectivity index (χ1n) is 8.46. The van der Waals surface area contributed by atoms with Crippen molar-refractivity contribution in [3.63, 3.8) is 0 Å². The van der Waals surface area contributed by atoms with Gasteiger partial charge in [-0.3, -0.25) is 9.78 Å². The summed E-state index contributed by atoms with van der Waals surface area (Å²) in [6.45, 7) is 0.958. The van der Waals surface area contributed by atoms with Gasteiger partial charge in [-0.05, 0) is 24.3 Å². The summed E-state index contributed by atoms with van der Waals surface area (Å²) in [7, 11) is -3.96. The Bertz CT molecular complexity index is 1120. The van der Waals surface area contributed by atoms with Gasteiger partial charge in [0.1, 0.15) is 5.69 Å². The molecule has 0 bridgehead atoms. The van der Waals surface area contributed by atoms with Crippen molar-refractivity contribution >= 4 is 21.6 Å². The maximum atomic E-state index is 12.9. The fourth-order valence-electron chi connectivity index (χ4n) is 2.61. The van der Waals surface area contributed by atoms with Gasteiger partial charge in [0.15, 0.2) is 11.5 Å². The SMILES string of the molecule is O=C(Nc1cnn(S(=O)(=O)c2ccc3c(c2)OCCCO3)c1)c1ccccn1.[HH]. The van der Waals surface area contributed by atoms with Gasteiger partial charge in [0.25, 0.3) is 15.9 Å². The molecule has 2 aromatic heterocycles. The van der Waals surface area contributed by atoms with E-state index in [1.54, 1.807) is 24.3 Å². The van der Waals surface area contributed by atoms with Gasteiger partial charge in [0, 0.05) is 20.1 Å². The van der Waals surface area contributed by atoms with Crippen LogP contribution in [0.1, 0.15) is 18.3 Å². The molecule has 1 aliphatic heterocycles. The quantitative estimate of drug-likeness (QED) is 0.712. The molecule has 1 aliphatic rings. The number of amides is 1. The van der Waals surface area contributed by atoms with Crippen LogP contribution in [0.15, 0.2) is 59.9 Å². The van der Waals surface area contributed by atoms with E-state index in [4.69, 9.17) is 9.47 Å². The van der Waals surface area contributed by atoms with E-state index in [0.29, 0.717) is 24.7 Å². The second kappa shape index (κ2) is 7.31. The lowest BCUT2D eigenvalue weighted by Crippen LogP contribution is -2.15. The molecule has 0 atom stereocenters. The van der Waals surface area contributed by atoms with Gasteiger partial charge in [0.05, 0.1) is 36.2 Å². The number of aromatic nitrogens is 3. The average Bonchev–Trinajstić information content (AvgIpc) is 3.05. The Morgan fingerprint density at radius 1 is 1.14 bits per heavy atom. The zero-order valence-electron chi connectivity index (χ0n) is 14.6. The predicted molar refractivity (Wildman–Crippen MR) is 101 cm³/mol. The predicted octanol–water partition coefficient (Wildman–Crippen LogP) is 2.17. The van der Waals surface area contributed by atoms with E-state index in [1.807, 2.05) is 0 Å². The second-order valence-corrected chi connectivity index (χ2v) is 7.73. The molecule has 9 nitrogen and oxygen atoms in total. The summed E-state index contributed by atoms with van der Waals surface area (Å²) in [5.74, 6) is 0.405. The number of hydrogen-bond acceptors (Lipinski definition) is 7. The highest BCUT2D eigenvalue weighted by Crippen LogP contribution is 2.32. The van der Waals surface area contributed by atoms with E-state index < -0.39 is 15.9 Å². The van der Waals surface area contributed by atoms with Gasteiger partial charge in [-0.2, -0.15) is 17.6 Å². The molecule has 10 heteroatoms. The average molecular weight is 402 g/mol. The third-order valence-corrected chi connectivity index (χ3v) is 5.52. The fourth-order valence-corrected chi connectivity index (χ4v) is 3.74. The summed E-state index contributed by atoms with van der Waals surface area (Å²) in [4.78, 5) is 16.1. The molecular weight excluding hydrogens is 384 g/mol. The lowest BCUT2D eigenvalue weighted by Gasteiger charge is -2.10. The van der Waals surface area contributed by atoms with Gasteiger partial charge >= 0.3 is 0 Å². The molecule has 0 spiro atoms. The summed E-state index contributed by atoms with van der Waals surface area (Å²) in [5.41, 5.74) is 0.439. The number of nitrogens with zero attached hydrogens (tertiary/aromatic N) is 3. The molecule has 3 heterocycles. The monoisotopic (exact) mass is 402 g/mol. The van der Waals surface area contributed by atoms with Gasteiger partial charge in [-0.25, -0.2) is 0 Å². The molecule has 0 aliphatic carbocycles. The summed E-state index contributed by atoms with van der Waals surface area (Å²) in [6, 6.07) is 9.31. The van der Waals surface area contributed by atoms with Crippen LogP contribution in [0.3, 0.4) is 0 Å². The Hall–Kier alpha value is -3.40. The van der Waals surface area contributed by atoms with E-state index >= 15 is 0 Å². The lowest BCUT2D eigenvalue weighted by atomic mass is 10.3. The van der Waals surface area contributed by atoms with Crippen LogP contribution < -0.4 is 14.8 Å². The normalized spacial score (nSPS) is 13.6. The highest BCUT2D eigenvalue weighted by atomic mass is 32.2. The maximum Gasteiger partial charge on any atom is 0.283 e. The minimum atomic E-state index is -3.96. The van der Waals surface area contributed by atoms with Gasteiger partial charge in [-0.15, -0.1) is 0 Å². The van der Waals surface area contributed by atoms with E-state index in [9.17, 15) is 13.2 Å². The Morgan fingerprint density at radius 2 is 1.96 bits per heavy atom. The number of ether oxygens (including phenoxy) is 2. The van der Waals surface area contributed by atoms with Crippen LogP contribution >= 0.6 is 0 Å². The minimum Gasteiger partial charge on any atom is -0.490 e. The Balaban J connectivity index is 0.00000240. The van der Waals surface area contributed by atoms with E-state index in [1.165, 1.54) is 30.7 Å². The van der Waals surface area contributed by atoms with Crippen LogP contribution in [-0.2, 0) is 10.0 Å². The van der Waals surface area contributed by atoms with Gasteiger partial charge < -0.3 is 14.8 Å². The lowest BCUT2D eigenvalue weighted by molar-refractivity contribution is 0.102. The van der Waals surface area contributed by atoms with Crippen molar-refractivity contribution < 1.29 is 24.1 Å². The van der Waals surface area contributed by atoms with Crippen LogP contribution in [0.2, 0.25) is 0 Å². The summed E-state index contributed by atoms with van der Waals surface area (Å²) >= 11 is 0. The van der Waals surface area contributed by atoms with E-state index in [0.717, 1.165) is 10.5 Å². The van der Waals surface area contributed by atoms with E-state index in [2.05, 4.69) is 15.4 Å². The number of carbonyl (C=O) groups excluding carboxylic acids is 1. The van der Waals surface area contributed by atoms with Crippen molar-refractivity contribution in [3.05, 3.63) is 60.7 Å². The summed E-state index contributed by atoms with van der Waals surface area (Å²) < 4.78 is 37.6. The number of nitrogens with one attached hydrogen (secondary N) is 1. The first-order valence-corrected chi connectivity index (χ1v) is 9.90. The molecule has 1 N–H and O–H groups in total. The number of benzene rings is 1. The Kier molecular flexibility index (Phi) is 4.70. The van der Waals surface area contributed by atoms with Crippen molar-refractivity contribution in [1.82, 2.24) is 14.2 Å². The first kappa shape index (κ1) is 18.0. The third kappa shape index (κ3) is 3.54. The minimum absolute atomic E-state index is 0. The summed E-state index contributed by atoms with van der Waals surface area (Å²) in [5, 5.41) is 6.43. The highest BCUT2D eigenvalue weighted by molar-refractivity contribution is 7.89. The maximum absolute atomic E-state index is 12.9. The van der Waals surface area contributed by atoms with Crippen LogP contribution in [0.5, 0.6) is 11.5 Å². The van der Waals surface area contributed by atoms with Crippen LogP contribution in [0.4, 0.5) is 5.69 Å². The van der Waals surface area contributed by atoms with Crippen LogP contribution in [0, 0.1) is 0 Å². The molecule has 0 fully saturated rings. The fraction of sp³-hybridized carbons (Fsp3) is 0.167.